The molecular formula is C26H20F3N3OS. The highest BCUT2D eigenvalue weighted by molar-refractivity contribution is 7.21. The molecule has 4 aromatic rings. The molecule has 0 atom stereocenters. The number of nitrogens with zero attached hydrogens (tertiary/aromatic N) is 2. The normalized spacial score (nSPS) is 14.1. The molecule has 2 aromatic heterocycles. The number of nitrogens with one attached hydrogen (secondary N) is 1. The van der Waals surface area contributed by atoms with Crippen molar-refractivity contribution < 1.29 is 18.0 Å². The molecule has 1 amide bonds. The van der Waals surface area contributed by atoms with Gasteiger partial charge in [-0.05, 0) is 12.1 Å². The van der Waals surface area contributed by atoms with Crippen molar-refractivity contribution in [2.45, 2.75) is 32.4 Å². The first-order chi connectivity index (χ1) is 16.0. The zero-order valence-corrected chi connectivity index (χ0v) is 19.4. The van der Waals surface area contributed by atoms with Crippen molar-refractivity contribution >= 4 is 44.5 Å². The highest BCUT2D eigenvalue weighted by atomic mass is 32.1. The molecule has 5 rings (SSSR count). The van der Waals surface area contributed by atoms with Gasteiger partial charge in [-0.2, -0.15) is 13.2 Å². The van der Waals surface area contributed by atoms with E-state index in [1.165, 1.54) is 0 Å². The van der Waals surface area contributed by atoms with Crippen LogP contribution >= 0.6 is 11.3 Å². The molecule has 0 aliphatic carbocycles. The van der Waals surface area contributed by atoms with Crippen LogP contribution in [0.5, 0.6) is 0 Å². The lowest BCUT2D eigenvalue weighted by Crippen LogP contribution is -2.17. The van der Waals surface area contributed by atoms with Gasteiger partial charge in [0.05, 0.1) is 28.0 Å². The molecule has 1 aliphatic rings. The quantitative estimate of drug-likeness (QED) is 0.310. The van der Waals surface area contributed by atoms with Gasteiger partial charge in [-0.3, -0.25) is 4.79 Å². The first kappa shape index (κ1) is 22.3. The van der Waals surface area contributed by atoms with Crippen molar-refractivity contribution in [2.75, 3.05) is 5.32 Å². The maximum Gasteiger partial charge on any atom is 0.417 e. The van der Waals surface area contributed by atoms with Crippen LogP contribution in [0.25, 0.3) is 10.2 Å². The fourth-order valence-electron chi connectivity index (χ4n) is 3.92. The summed E-state index contributed by atoms with van der Waals surface area (Å²) < 4.78 is 42.9. The highest BCUT2D eigenvalue weighted by Crippen LogP contribution is 2.47. The number of anilines is 1. The summed E-state index contributed by atoms with van der Waals surface area (Å²) in [5, 5.41) is 2.71. The Kier molecular flexibility index (Phi) is 5.09. The fraction of sp³-hybridized carbons (Fsp3) is 0.192. The molecule has 2 aromatic carbocycles. The third-order valence-electron chi connectivity index (χ3n) is 5.62. The number of aromatic nitrogens is 1. The van der Waals surface area contributed by atoms with Crippen LogP contribution in [0, 0.1) is 0 Å². The van der Waals surface area contributed by atoms with E-state index in [0.29, 0.717) is 22.7 Å². The summed E-state index contributed by atoms with van der Waals surface area (Å²) >= 11 is 0.933. The molecule has 0 spiro atoms. The van der Waals surface area contributed by atoms with Gasteiger partial charge in [0, 0.05) is 22.2 Å². The van der Waals surface area contributed by atoms with E-state index in [0.717, 1.165) is 23.0 Å². The zero-order chi connectivity index (χ0) is 24.3. The molecule has 1 aliphatic heterocycles. The number of aliphatic imine (C=N–C) groups is 1. The Morgan fingerprint density at radius 3 is 2.29 bits per heavy atom. The third-order valence-corrected chi connectivity index (χ3v) is 6.69. The molecule has 3 heterocycles. The summed E-state index contributed by atoms with van der Waals surface area (Å²) in [5.74, 6) is -0.508. The highest BCUT2D eigenvalue weighted by Gasteiger charge is 2.38. The Balaban J connectivity index is 1.91. The number of thiophene rings is 1. The molecule has 1 N–H and O–H groups in total. The van der Waals surface area contributed by atoms with Gasteiger partial charge < -0.3 is 5.32 Å². The number of benzene rings is 2. The van der Waals surface area contributed by atoms with Crippen molar-refractivity contribution in [2.24, 2.45) is 4.99 Å². The maximum atomic E-state index is 14.3. The molecule has 0 fully saturated rings. The van der Waals surface area contributed by atoms with Crippen molar-refractivity contribution in [3.8, 4) is 0 Å². The van der Waals surface area contributed by atoms with E-state index in [-0.39, 0.29) is 20.8 Å². The average molecular weight is 480 g/mol. The molecule has 34 heavy (non-hydrogen) atoms. The Hall–Kier alpha value is -3.52. The lowest BCUT2D eigenvalue weighted by Gasteiger charge is -2.20. The predicted octanol–water partition coefficient (Wildman–Crippen LogP) is 7.35. The van der Waals surface area contributed by atoms with Crippen LogP contribution in [-0.4, -0.2) is 16.6 Å². The first-order valence-corrected chi connectivity index (χ1v) is 11.5. The number of fused-ring (bicyclic) bond motifs is 4. The second-order valence-electron chi connectivity index (χ2n) is 9.09. The predicted molar refractivity (Wildman–Crippen MR) is 129 cm³/mol. The van der Waals surface area contributed by atoms with Crippen LogP contribution in [0.3, 0.4) is 0 Å². The van der Waals surface area contributed by atoms with Gasteiger partial charge >= 0.3 is 6.18 Å². The number of rotatable bonds is 1. The number of hydrogen-bond donors (Lipinski definition) is 1. The van der Waals surface area contributed by atoms with Gasteiger partial charge in [0.15, 0.2) is 0 Å². The Morgan fingerprint density at radius 2 is 1.62 bits per heavy atom. The second kappa shape index (κ2) is 7.77. The molecule has 0 radical (unpaired) electrons. The average Bonchev–Trinajstić information content (AvgIpc) is 3.14. The van der Waals surface area contributed by atoms with Crippen LogP contribution in [-0.2, 0) is 11.6 Å². The molecule has 0 saturated heterocycles. The van der Waals surface area contributed by atoms with E-state index >= 15 is 0 Å². The standard InChI is InChI=1S/C26H20F3N3OS/c1-25(2,3)18-13-16(26(27,28)29)19-21-22(34-24(19)31-18)23(33)30-17-12-8-7-11-15(17)20(32-21)14-9-5-4-6-10-14/h4-13H,1-3H3,(H,30,33). The Bertz CT molecular complexity index is 1460. The van der Waals surface area contributed by atoms with E-state index < -0.39 is 23.1 Å². The third kappa shape index (κ3) is 3.77. The maximum absolute atomic E-state index is 14.3. The molecule has 0 unspecified atom stereocenters. The molecule has 0 bridgehead atoms. The number of halogens is 3. The van der Waals surface area contributed by atoms with Gasteiger partial charge in [-0.25, -0.2) is 9.98 Å². The number of amides is 1. The number of alkyl halides is 3. The van der Waals surface area contributed by atoms with E-state index in [4.69, 9.17) is 4.99 Å². The van der Waals surface area contributed by atoms with Crippen molar-refractivity contribution in [3.63, 3.8) is 0 Å². The van der Waals surface area contributed by atoms with Gasteiger partial charge in [-0.15, -0.1) is 11.3 Å². The van der Waals surface area contributed by atoms with Crippen LogP contribution in [0.1, 0.15) is 52.8 Å². The number of pyridine rings is 1. The first-order valence-electron chi connectivity index (χ1n) is 10.6. The van der Waals surface area contributed by atoms with E-state index in [1.807, 2.05) is 30.3 Å². The van der Waals surface area contributed by atoms with E-state index in [9.17, 15) is 18.0 Å². The minimum absolute atomic E-state index is 0.00820. The largest absolute Gasteiger partial charge is 0.417 e. The van der Waals surface area contributed by atoms with Crippen LogP contribution < -0.4 is 5.32 Å². The summed E-state index contributed by atoms with van der Waals surface area (Å²) in [6, 6.07) is 17.4. The SMILES string of the molecule is CC(C)(C)c1cc(C(F)(F)F)c2c3c(sc2n1)C(=O)Nc1ccccc1C(c1ccccc1)=N3. The van der Waals surface area contributed by atoms with E-state index in [1.54, 1.807) is 45.0 Å². The summed E-state index contributed by atoms with van der Waals surface area (Å²) in [7, 11) is 0. The number of carbonyl (C=O) groups is 1. The molecule has 4 nitrogen and oxygen atoms in total. The smallest absolute Gasteiger partial charge is 0.321 e. The number of carbonyl (C=O) groups excluding carboxylic acids is 1. The lowest BCUT2D eigenvalue weighted by molar-refractivity contribution is -0.136. The summed E-state index contributed by atoms with van der Waals surface area (Å²) in [4.78, 5) is 22.7. The molecule has 172 valence electrons. The summed E-state index contributed by atoms with van der Waals surface area (Å²) in [5.41, 5.74) is 1.22. The molecular weight excluding hydrogens is 459 g/mol. The van der Waals surface area contributed by atoms with Crippen molar-refractivity contribution in [1.29, 1.82) is 0 Å². The Labute approximate surface area is 198 Å². The number of hydrogen-bond acceptors (Lipinski definition) is 4. The topological polar surface area (TPSA) is 54.4 Å². The summed E-state index contributed by atoms with van der Waals surface area (Å²) in [6.45, 7) is 5.42. The van der Waals surface area contributed by atoms with Crippen molar-refractivity contribution in [3.05, 3.63) is 87.9 Å². The molecule has 0 saturated carbocycles. The zero-order valence-electron chi connectivity index (χ0n) is 18.6. The van der Waals surface area contributed by atoms with Crippen LogP contribution in [0.15, 0.2) is 65.7 Å². The van der Waals surface area contributed by atoms with Gasteiger partial charge in [0.1, 0.15) is 9.71 Å². The van der Waals surface area contributed by atoms with Crippen molar-refractivity contribution in [1.82, 2.24) is 4.98 Å². The summed E-state index contributed by atoms with van der Waals surface area (Å²) in [6.07, 6.45) is -4.64. The molecule has 8 heteroatoms. The van der Waals surface area contributed by atoms with E-state index in [2.05, 4.69) is 10.3 Å². The van der Waals surface area contributed by atoms with Crippen LogP contribution in [0.4, 0.5) is 24.5 Å². The van der Waals surface area contributed by atoms with Gasteiger partial charge in [0.25, 0.3) is 5.91 Å². The fourth-order valence-corrected chi connectivity index (χ4v) is 4.95. The lowest BCUT2D eigenvalue weighted by atomic mass is 9.90. The van der Waals surface area contributed by atoms with Gasteiger partial charge in [-0.1, -0.05) is 69.3 Å². The minimum Gasteiger partial charge on any atom is -0.321 e. The monoisotopic (exact) mass is 479 g/mol. The second-order valence-corrected chi connectivity index (χ2v) is 10.1. The Morgan fingerprint density at radius 1 is 0.941 bits per heavy atom. The van der Waals surface area contributed by atoms with Crippen LogP contribution in [0.2, 0.25) is 0 Å². The minimum atomic E-state index is -4.64. The van der Waals surface area contributed by atoms with Gasteiger partial charge in [0.2, 0.25) is 0 Å². The number of para-hydroxylation sites is 1.